The maximum atomic E-state index is 11.9. The van der Waals surface area contributed by atoms with Gasteiger partial charge < -0.3 is 26.7 Å². The molecular formula is C11H19N5O2. The third-order valence-corrected chi connectivity index (χ3v) is 2.37. The molecule has 0 atom stereocenters. The van der Waals surface area contributed by atoms with Crippen molar-refractivity contribution in [1.82, 2.24) is 15.2 Å². The number of hydrogen-bond acceptors (Lipinski definition) is 3. The molecular weight excluding hydrogens is 234 g/mol. The first-order valence-electron chi connectivity index (χ1n) is 5.70. The number of primary amides is 1. The number of amides is 3. The molecule has 0 saturated heterocycles. The molecule has 0 aliphatic heterocycles. The Morgan fingerprint density at radius 1 is 1.33 bits per heavy atom. The first-order valence-corrected chi connectivity index (χ1v) is 5.70. The van der Waals surface area contributed by atoms with E-state index in [1.54, 1.807) is 16.8 Å². The van der Waals surface area contributed by atoms with Crippen molar-refractivity contribution in [3.05, 3.63) is 18.0 Å². The molecule has 1 heterocycles. The average molecular weight is 253 g/mol. The van der Waals surface area contributed by atoms with Crippen molar-refractivity contribution in [3.63, 3.8) is 0 Å². The number of hydrogen-bond donors (Lipinski definition) is 4. The zero-order valence-corrected chi connectivity index (χ0v) is 10.6. The normalized spacial score (nSPS) is 10.4. The Bertz CT molecular complexity index is 439. The number of carbonyl (C=O) groups is 2. The van der Waals surface area contributed by atoms with E-state index in [9.17, 15) is 9.59 Å². The van der Waals surface area contributed by atoms with Crippen LogP contribution in [-0.4, -0.2) is 29.6 Å². The molecule has 0 aliphatic carbocycles. The molecule has 0 radical (unpaired) electrons. The maximum Gasteiger partial charge on any atom is 0.312 e. The molecule has 18 heavy (non-hydrogen) atoms. The van der Waals surface area contributed by atoms with Crippen LogP contribution in [0.2, 0.25) is 0 Å². The van der Waals surface area contributed by atoms with Crippen LogP contribution in [0.1, 0.15) is 30.4 Å². The van der Waals surface area contributed by atoms with Crippen LogP contribution in [0, 0.1) is 0 Å². The van der Waals surface area contributed by atoms with Gasteiger partial charge in [0.05, 0.1) is 5.69 Å². The third kappa shape index (κ3) is 3.69. The lowest BCUT2D eigenvalue weighted by molar-refractivity contribution is 0.0943. The molecule has 0 bridgehead atoms. The molecule has 3 amide bonds. The molecule has 100 valence electrons. The fourth-order valence-corrected chi connectivity index (χ4v) is 1.56. The first kappa shape index (κ1) is 13.9. The number of nitrogens with two attached hydrogens (primary N) is 2. The second kappa shape index (κ2) is 5.95. The predicted octanol–water partition coefficient (Wildman–Crippen LogP) is 0.0493. The van der Waals surface area contributed by atoms with Gasteiger partial charge in [-0.05, 0) is 19.9 Å². The molecule has 1 aromatic heterocycles. The number of aromatic nitrogens is 1. The van der Waals surface area contributed by atoms with Gasteiger partial charge in [0.15, 0.2) is 0 Å². The van der Waals surface area contributed by atoms with Crippen molar-refractivity contribution < 1.29 is 9.59 Å². The Labute approximate surface area is 106 Å². The lowest BCUT2D eigenvalue weighted by atomic mass is 10.3. The molecule has 7 heteroatoms. The van der Waals surface area contributed by atoms with E-state index in [0.717, 1.165) is 0 Å². The van der Waals surface area contributed by atoms with Crippen LogP contribution in [-0.2, 0) is 0 Å². The highest BCUT2D eigenvalue weighted by Gasteiger charge is 2.14. The van der Waals surface area contributed by atoms with Crippen LogP contribution in [0.15, 0.2) is 12.3 Å². The largest absolute Gasteiger partial charge is 0.397 e. The van der Waals surface area contributed by atoms with E-state index < -0.39 is 6.03 Å². The van der Waals surface area contributed by atoms with Gasteiger partial charge in [0.2, 0.25) is 0 Å². The number of nitrogens with one attached hydrogen (secondary N) is 2. The van der Waals surface area contributed by atoms with Crippen LogP contribution in [0.25, 0.3) is 0 Å². The van der Waals surface area contributed by atoms with Crippen molar-refractivity contribution in [2.45, 2.75) is 19.9 Å². The van der Waals surface area contributed by atoms with Crippen LogP contribution < -0.4 is 22.1 Å². The van der Waals surface area contributed by atoms with E-state index in [-0.39, 0.29) is 11.9 Å². The summed E-state index contributed by atoms with van der Waals surface area (Å²) >= 11 is 0. The van der Waals surface area contributed by atoms with Gasteiger partial charge in [-0.25, -0.2) is 4.79 Å². The standard InChI is InChI=1S/C11H19N5O2/c1-7(2)16-6-8(12)5-9(16)10(17)14-3-4-15-11(13)18/h5-7H,3-4,12H2,1-2H3,(H,14,17)(H3,13,15,18). The second-order valence-electron chi connectivity index (χ2n) is 4.21. The summed E-state index contributed by atoms with van der Waals surface area (Å²) in [4.78, 5) is 22.3. The quantitative estimate of drug-likeness (QED) is 0.555. The van der Waals surface area contributed by atoms with E-state index in [1.807, 2.05) is 13.8 Å². The molecule has 6 N–H and O–H groups in total. The van der Waals surface area contributed by atoms with E-state index in [1.165, 1.54) is 0 Å². The van der Waals surface area contributed by atoms with Gasteiger partial charge in [0.1, 0.15) is 5.69 Å². The van der Waals surface area contributed by atoms with Crippen molar-refractivity contribution in [2.75, 3.05) is 18.8 Å². The van der Waals surface area contributed by atoms with Gasteiger partial charge in [-0.2, -0.15) is 0 Å². The number of nitrogens with zero attached hydrogens (tertiary/aromatic N) is 1. The summed E-state index contributed by atoms with van der Waals surface area (Å²) < 4.78 is 1.80. The molecule has 7 nitrogen and oxygen atoms in total. The molecule has 0 saturated carbocycles. The van der Waals surface area contributed by atoms with Crippen molar-refractivity contribution >= 4 is 17.6 Å². The molecule has 1 rings (SSSR count). The Hall–Kier alpha value is -2.18. The fourth-order valence-electron chi connectivity index (χ4n) is 1.56. The number of nitrogen functional groups attached to an aromatic ring is 1. The minimum atomic E-state index is -0.612. The number of anilines is 1. The Morgan fingerprint density at radius 2 is 1.94 bits per heavy atom. The smallest absolute Gasteiger partial charge is 0.312 e. The molecule has 1 aromatic rings. The summed E-state index contributed by atoms with van der Waals surface area (Å²) in [6.45, 7) is 4.53. The van der Waals surface area contributed by atoms with Gasteiger partial charge >= 0.3 is 6.03 Å². The van der Waals surface area contributed by atoms with Crippen LogP contribution in [0.4, 0.5) is 10.5 Å². The number of carbonyl (C=O) groups excluding carboxylic acids is 2. The number of urea groups is 1. The third-order valence-electron chi connectivity index (χ3n) is 2.37. The highest BCUT2D eigenvalue weighted by atomic mass is 16.2. The highest BCUT2D eigenvalue weighted by molar-refractivity contribution is 5.93. The van der Waals surface area contributed by atoms with Gasteiger partial charge in [-0.15, -0.1) is 0 Å². The summed E-state index contributed by atoms with van der Waals surface area (Å²) in [6, 6.07) is 1.16. The van der Waals surface area contributed by atoms with E-state index in [0.29, 0.717) is 24.5 Å². The van der Waals surface area contributed by atoms with E-state index in [2.05, 4.69) is 10.6 Å². The van der Waals surface area contributed by atoms with Gasteiger partial charge in [-0.1, -0.05) is 0 Å². The van der Waals surface area contributed by atoms with Crippen molar-refractivity contribution in [3.8, 4) is 0 Å². The average Bonchev–Trinajstić information content (AvgIpc) is 2.66. The lowest BCUT2D eigenvalue weighted by Gasteiger charge is -2.12. The molecule has 0 aromatic carbocycles. The van der Waals surface area contributed by atoms with Crippen molar-refractivity contribution in [2.24, 2.45) is 5.73 Å². The van der Waals surface area contributed by atoms with E-state index >= 15 is 0 Å². The minimum Gasteiger partial charge on any atom is -0.397 e. The van der Waals surface area contributed by atoms with Crippen LogP contribution in [0.5, 0.6) is 0 Å². The summed E-state index contributed by atoms with van der Waals surface area (Å²) in [5, 5.41) is 5.06. The van der Waals surface area contributed by atoms with Gasteiger partial charge in [0.25, 0.3) is 5.91 Å². The highest BCUT2D eigenvalue weighted by Crippen LogP contribution is 2.16. The summed E-state index contributed by atoms with van der Waals surface area (Å²) in [7, 11) is 0. The monoisotopic (exact) mass is 253 g/mol. The van der Waals surface area contributed by atoms with E-state index in [4.69, 9.17) is 11.5 Å². The Balaban J connectivity index is 2.58. The summed E-state index contributed by atoms with van der Waals surface area (Å²) in [5.41, 5.74) is 11.6. The maximum absolute atomic E-state index is 11.9. The zero-order chi connectivity index (χ0) is 13.7. The summed E-state index contributed by atoms with van der Waals surface area (Å²) in [6.07, 6.45) is 1.72. The lowest BCUT2D eigenvalue weighted by Crippen LogP contribution is -2.37. The Kier molecular flexibility index (Phi) is 4.59. The molecule has 0 spiro atoms. The molecule has 0 fully saturated rings. The zero-order valence-electron chi connectivity index (χ0n) is 10.6. The Morgan fingerprint density at radius 3 is 2.50 bits per heavy atom. The fraction of sp³-hybridized carbons (Fsp3) is 0.455. The number of rotatable bonds is 5. The first-order chi connectivity index (χ1) is 8.41. The molecule has 0 unspecified atom stereocenters. The molecule has 0 aliphatic rings. The second-order valence-corrected chi connectivity index (χ2v) is 4.21. The minimum absolute atomic E-state index is 0.145. The van der Waals surface area contributed by atoms with Crippen LogP contribution >= 0.6 is 0 Å². The SMILES string of the molecule is CC(C)n1cc(N)cc1C(=O)NCCNC(N)=O. The predicted molar refractivity (Wildman–Crippen MR) is 69.1 cm³/mol. The van der Waals surface area contributed by atoms with Crippen molar-refractivity contribution in [1.29, 1.82) is 0 Å². The summed E-state index contributed by atoms with van der Waals surface area (Å²) in [5.74, 6) is -0.230. The van der Waals surface area contributed by atoms with Gasteiger partial charge in [0, 0.05) is 25.3 Å². The topological polar surface area (TPSA) is 115 Å². The van der Waals surface area contributed by atoms with Gasteiger partial charge in [-0.3, -0.25) is 4.79 Å². The van der Waals surface area contributed by atoms with Crippen LogP contribution in [0.3, 0.4) is 0 Å².